The van der Waals surface area contributed by atoms with Gasteiger partial charge in [-0.1, -0.05) is 89.1 Å². The summed E-state index contributed by atoms with van der Waals surface area (Å²) in [6.45, 7) is 8.17. The Kier molecular flexibility index (Phi) is 14.6. The highest BCUT2D eigenvalue weighted by Gasteiger charge is 2.24. The average Bonchev–Trinajstić information content (AvgIpc) is 3.03. The van der Waals surface area contributed by atoms with Crippen molar-refractivity contribution in [3.05, 3.63) is 71.1 Å². The van der Waals surface area contributed by atoms with E-state index in [1.165, 1.54) is 70.6 Å². The van der Waals surface area contributed by atoms with E-state index < -0.39 is 41.2 Å². The monoisotopic (exact) mass is 630 g/mol. The van der Waals surface area contributed by atoms with Crippen molar-refractivity contribution >= 4 is 11.9 Å². The van der Waals surface area contributed by atoms with Crippen molar-refractivity contribution in [1.29, 1.82) is 0 Å². The number of carbonyl (C=O) groups excluding carboxylic acids is 2. The van der Waals surface area contributed by atoms with Crippen LogP contribution in [0.2, 0.25) is 0 Å². The summed E-state index contributed by atoms with van der Waals surface area (Å²) in [6.07, 6.45) is 11.3. The lowest BCUT2D eigenvalue weighted by Crippen LogP contribution is -2.26. The molecule has 0 heterocycles. The fourth-order valence-electron chi connectivity index (χ4n) is 5.98. The van der Waals surface area contributed by atoms with Crippen molar-refractivity contribution in [1.82, 2.24) is 0 Å². The number of aliphatic hydroxyl groups excluding tert-OH is 1. The molecule has 3 rings (SSSR count). The summed E-state index contributed by atoms with van der Waals surface area (Å²) >= 11 is 0. The molecular weight excluding hydrogens is 581 g/mol. The molecule has 0 saturated heterocycles. The number of aryl methyl sites for hydroxylation is 1. The number of hydrogen-bond donors (Lipinski definition) is 1. The van der Waals surface area contributed by atoms with Gasteiger partial charge in [-0.2, -0.15) is 0 Å². The Hall–Kier alpha value is -3.13. The summed E-state index contributed by atoms with van der Waals surface area (Å²) in [5.74, 6) is -3.85. The van der Waals surface area contributed by atoms with Crippen LogP contribution in [0.4, 0.5) is 13.2 Å². The molecule has 1 aliphatic carbocycles. The van der Waals surface area contributed by atoms with Crippen LogP contribution >= 0.6 is 0 Å². The van der Waals surface area contributed by atoms with E-state index in [1.54, 1.807) is 12.1 Å². The first-order valence-corrected chi connectivity index (χ1v) is 16.4. The molecule has 0 spiro atoms. The van der Waals surface area contributed by atoms with Crippen molar-refractivity contribution in [2.24, 2.45) is 23.7 Å². The Labute approximate surface area is 266 Å². The lowest BCUT2D eigenvalue weighted by Gasteiger charge is -2.28. The molecule has 8 heteroatoms. The molecule has 0 radical (unpaired) electrons. The van der Waals surface area contributed by atoms with Gasteiger partial charge in [0.15, 0.2) is 11.6 Å². The van der Waals surface area contributed by atoms with Gasteiger partial charge in [-0.05, 0) is 62.1 Å². The largest absolute Gasteiger partial charge is 0.465 e. The SMILES string of the molecule is C=C(C)C(=O)OCC(COC(=O)C(C)CO)Cc1ccc(-c2ccc(CCC3CCC(CCCCC)CC3)c(F)c2F)c(F)c1. The zero-order chi connectivity index (χ0) is 32.9. The summed E-state index contributed by atoms with van der Waals surface area (Å²) in [5, 5.41) is 9.19. The predicted octanol–water partition coefficient (Wildman–Crippen LogP) is 8.54. The number of aliphatic hydroxyl groups is 1. The van der Waals surface area contributed by atoms with E-state index in [0.29, 0.717) is 23.5 Å². The van der Waals surface area contributed by atoms with Crippen LogP contribution in [0.5, 0.6) is 0 Å². The van der Waals surface area contributed by atoms with Crippen molar-refractivity contribution < 1.29 is 37.3 Å². The first kappa shape index (κ1) is 36.3. The maximum absolute atomic E-state index is 15.3. The van der Waals surface area contributed by atoms with Gasteiger partial charge in [0.2, 0.25) is 0 Å². The molecule has 1 N–H and O–H groups in total. The molecule has 1 saturated carbocycles. The average molecular weight is 631 g/mol. The van der Waals surface area contributed by atoms with Crippen molar-refractivity contribution in [2.75, 3.05) is 19.8 Å². The third-order valence-corrected chi connectivity index (χ3v) is 8.95. The van der Waals surface area contributed by atoms with Crippen LogP contribution in [-0.2, 0) is 31.9 Å². The minimum absolute atomic E-state index is 0.0587. The minimum Gasteiger partial charge on any atom is -0.465 e. The van der Waals surface area contributed by atoms with Gasteiger partial charge in [0.05, 0.1) is 25.7 Å². The van der Waals surface area contributed by atoms with Crippen LogP contribution in [-0.4, -0.2) is 36.9 Å². The van der Waals surface area contributed by atoms with Crippen LogP contribution in [0.25, 0.3) is 11.1 Å². The lowest BCUT2D eigenvalue weighted by atomic mass is 9.77. The maximum atomic E-state index is 15.3. The summed E-state index contributed by atoms with van der Waals surface area (Å²) in [7, 11) is 0. The topological polar surface area (TPSA) is 72.8 Å². The van der Waals surface area contributed by atoms with Crippen LogP contribution in [0.15, 0.2) is 42.5 Å². The second kappa shape index (κ2) is 18.1. The molecule has 2 unspecified atom stereocenters. The number of esters is 2. The van der Waals surface area contributed by atoms with E-state index in [1.807, 2.05) is 0 Å². The van der Waals surface area contributed by atoms with Crippen LogP contribution in [0, 0.1) is 41.1 Å². The van der Waals surface area contributed by atoms with Crippen LogP contribution in [0.3, 0.4) is 0 Å². The molecule has 45 heavy (non-hydrogen) atoms. The van der Waals surface area contributed by atoms with Crippen molar-refractivity contribution in [2.45, 2.75) is 91.4 Å². The van der Waals surface area contributed by atoms with Gasteiger partial charge in [-0.3, -0.25) is 4.79 Å². The summed E-state index contributed by atoms with van der Waals surface area (Å²) in [6, 6.07) is 7.22. The zero-order valence-corrected chi connectivity index (χ0v) is 27.0. The number of carbonyl (C=O) groups is 2. The fraction of sp³-hybridized carbons (Fsp3) is 0.568. The standard InChI is InChI=1S/C37H49F3O5/c1-5-6-7-8-26-9-11-27(12-10-26)13-15-30-16-18-32(35(40)34(30)39)31-17-14-28(20-33(31)38)19-29(22-44-36(42)24(2)3)23-45-37(43)25(4)21-41/h14,16-18,20,25-27,29,41H,2,5-13,15,19,21-23H2,1,3-4H3. The van der Waals surface area contributed by atoms with E-state index in [0.717, 1.165) is 25.2 Å². The normalized spacial score (nSPS) is 17.8. The Morgan fingerprint density at radius 3 is 2.20 bits per heavy atom. The van der Waals surface area contributed by atoms with Gasteiger partial charge in [-0.25, -0.2) is 18.0 Å². The predicted molar refractivity (Wildman–Crippen MR) is 170 cm³/mol. The highest BCUT2D eigenvalue weighted by molar-refractivity contribution is 5.86. The molecule has 0 amide bonds. The van der Waals surface area contributed by atoms with E-state index >= 15 is 13.2 Å². The highest BCUT2D eigenvalue weighted by Crippen LogP contribution is 2.35. The summed E-state index contributed by atoms with van der Waals surface area (Å²) in [4.78, 5) is 24.0. The molecular formula is C37H49F3O5. The van der Waals surface area contributed by atoms with Crippen molar-refractivity contribution in [3.8, 4) is 11.1 Å². The second-order valence-electron chi connectivity index (χ2n) is 12.8. The summed E-state index contributed by atoms with van der Waals surface area (Å²) in [5.41, 5.74) is 0.811. The Balaban J connectivity index is 1.64. The molecule has 2 aromatic carbocycles. The molecule has 1 fully saturated rings. The minimum atomic E-state index is -1.06. The Morgan fingerprint density at radius 2 is 1.58 bits per heavy atom. The van der Waals surface area contributed by atoms with Gasteiger partial charge < -0.3 is 14.6 Å². The first-order chi connectivity index (χ1) is 21.5. The number of halogens is 3. The maximum Gasteiger partial charge on any atom is 0.333 e. The molecule has 5 nitrogen and oxygen atoms in total. The Bertz CT molecular complexity index is 1290. The first-order valence-electron chi connectivity index (χ1n) is 16.4. The van der Waals surface area contributed by atoms with Gasteiger partial charge in [-0.15, -0.1) is 0 Å². The number of benzene rings is 2. The summed E-state index contributed by atoms with van der Waals surface area (Å²) < 4.78 is 56.2. The van der Waals surface area contributed by atoms with E-state index in [9.17, 15) is 14.7 Å². The van der Waals surface area contributed by atoms with Gasteiger partial charge in [0.25, 0.3) is 0 Å². The highest BCUT2D eigenvalue weighted by atomic mass is 19.2. The smallest absolute Gasteiger partial charge is 0.333 e. The molecule has 0 aromatic heterocycles. The molecule has 1 aliphatic rings. The third kappa shape index (κ3) is 11.0. The van der Waals surface area contributed by atoms with Gasteiger partial charge >= 0.3 is 11.9 Å². The number of unbranched alkanes of at least 4 members (excludes halogenated alkanes) is 2. The third-order valence-electron chi connectivity index (χ3n) is 8.95. The molecule has 0 aliphatic heterocycles. The Morgan fingerprint density at radius 1 is 0.933 bits per heavy atom. The van der Waals surface area contributed by atoms with E-state index in [2.05, 4.69) is 13.5 Å². The molecule has 2 aromatic rings. The fourth-order valence-corrected chi connectivity index (χ4v) is 5.98. The molecule has 0 bridgehead atoms. The number of rotatable bonds is 17. The van der Waals surface area contributed by atoms with E-state index in [-0.39, 0.29) is 42.9 Å². The van der Waals surface area contributed by atoms with E-state index in [4.69, 9.17) is 9.47 Å². The lowest BCUT2D eigenvalue weighted by molar-refractivity contribution is -0.152. The molecule has 248 valence electrons. The quantitative estimate of drug-likeness (QED) is 0.108. The number of ether oxygens (including phenoxy) is 2. The van der Waals surface area contributed by atoms with Gasteiger partial charge in [0.1, 0.15) is 5.82 Å². The van der Waals surface area contributed by atoms with Crippen LogP contribution < -0.4 is 0 Å². The van der Waals surface area contributed by atoms with Crippen LogP contribution in [0.1, 0.15) is 89.7 Å². The van der Waals surface area contributed by atoms with Gasteiger partial charge in [0, 0.05) is 22.6 Å². The molecule has 2 atom stereocenters. The second-order valence-corrected chi connectivity index (χ2v) is 12.8. The zero-order valence-electron chi connectivity index (χ0n) is 27.0. The van der Waals surface area contributed by atoms with Crippen molar-refractivity contribution in [3.63, 3.8) is 0 Å². The number of hydrogen-bond acceptors (Lipinski definition) is 5.